The van der Waals surface area contributed by atoms with E-state index in [4.69, 9.17) is 0 Å². The molecule has 0 saturated heterocycles. The largest absolute Gasteiger partial charge is 0.387 e. The summed E-state index contributed by atoms with van der Waals surface area (Å²) >= 11 is 0. The first-order chi connectivity index (χ1) is 10.3. The highest BCUT2D eigenvalue weighted by Gasteiger charge is 2.24. The minimum Gasteiger partial charge on any atom is -0.387 e. The molecule has 0 aliphatic heterocycles. The number of aryl methyl sites for hydroxylation is 2. The summed E-state index contributed by atoms with van der Waals surface area (Å²) in [5, 5.41) is 15.0. The SMILES string of the molecule is CCCn1nccc1C(O)CC1CCCc2ccccc21. The first-order valence-electron chi connectivity index (χ1n) is 8.07. The molecule has 112 valence electrons. The van der Waals surface area contributed by atoms with Gasteiger partial charge in [-0.05, 0) is 55.2 Å². The van der Waals surface area contributed by atoms with Crippen molar-refractivity contribution < 1.29 is 5.11 Å². The van der Waals surface area contributed by atoms with Crippen LogP contribution in [-0.4, -0.2) is 14.9 Å². The van der Waals surface area contributed by atoms with Gasteiger partial charge < -0.3 is 5.11 Å². The van der Waals surface area contributed by atoms with Gasteiger partial charge >= 0.3 is 0 Å². The molecule has 0 spiro atoms. The summed E-state index contributed by atoms with van der Waals surface area (Å²) < 4.78 is 1.94. The number of aliphatic hydroxyl groups is 1. The molecular weight excluding hydrogens is 260 g/mol. The third-order valence-electron chi connectivity index (χ3n) is 4.53. The molecule has 2 atom stereocenters. The molecule has 1 aliphatic rings. The van der Waals surface area contributed by atoms with E-state index in [9.17, 15) is 5.11 Å². The number of aliphatic hydroxyl groups excluding tert-OH is 1. The summed E-state index contributed by atoms with van der Waals surface area (Å²) in [6, 6.07) is 10.7. The van der Waals surface area contributed by atoms with E-state index in [1.54, 1.807) is 6.20 Å². The number of benzene rings is 1. The Morgan fingerprint density at radius 1 is 1.33 bits per heavy atom. The van der Waals surface area contributed by atoms with Gasteiger partial charge in [-0.25, -0.2) is 0 Å². The lowest BCUT2D eigenvalue weighted by Crippen LogP contribution is -2.15. The zero-order chi connectivity index (χ0) is 14.7. The van der Waals surface area contributed by atoms with Gasteiger partial charge in [-0.2, -0.15) is 5.10 Å². The van der Waals surface area contributed by atoms with Gasteiger partial charge in [0.15, 0.2) is 0 Å². The van der Waals surface area contributed by atoms with E-state index in [1.807, 2.05) is 10.7 Å². The van der Waals surface area contributed by atoms with Crippen molar-refractivity contribution in [3.8, 4) is 0 Å². The van der Waals surface area contributed by atoms with Crippen molar-refractivity contribution in [3.05, 3.63) is 53.3 Å². The first-order valence-corrected chi connectivity index (χ1v) is 8.07. The Kier molecular flexibility index (Phi) is 4.39. The number of hydrogen-bond donors (Lipinski definition) is 1. The Labute approximate surface area is 126 Å². The molecule has 1 aromatic heterocycles. The topological polar surface area (TPSA) is 38.0 Å². The highest BCUT2D eigenvalue weighted by atomic mass is 16.3. The first kappa shape index (κ1) is 14.3. The summed E-state index contributed by atoms with van der Waals surface area (Å²) in [5.41, 5.74) is 3.85. The minimum absolute atomic E-state index is 0.421. The van der Waals surface area contributed by atoms with E-state index in [0.717, 1.165) is 25.1 Å². The van der Waals surface area contributed by atoms with E-state index < -0.39 is 6.10 Å². The fourth-order valence-electron chi connectivity index (χ4n) is 3.51. The quantitative estimate of drug-likeness (QED) is 0.906. The number of fused-ring (bicyclic) bond motifs is 1. The van der Waals surface area contributed by atoms with Crippen LogP contribution in [0.25, 0.3) is 0 Å². The molecule has 3 heteroatoms. The molecule has 2 unspecified atom stereocenters. The summed E-state index contributed by atoms with van der Waals surface area (Å²) in [6.07, 6.45) is 6.79. The van der Waals surface area contributed by atoms with Crippen LogP contribution in [0.1, 0.15) is 61.4 Å². The molecule has 0 radical (unpaired) electrons. The maximum Gasteiger partial charge on any atom is 0.0962 e. The van der Waals surface area contributed by atoms with Crippen LogP contribution in [0.15, 0.2) is 36.5 Å². The highest BCUT2D eigenvalue weighted by Crippen LogP contribution is 2.37. The second-order valence-corrected chi connectivity index (χ2v) is 6.02. The van der Waals surface area contributed by atoms with E-state index in [-0.39, 0.29) is 0 Å². The lowest BCUT2D eigenvalue weighted by Gasteiger charge is -2.27. The molecule has 1 heterocycles. The highest BCUT2D eigenvalue weighted by molar-refractivity contribution is 5.32. The molecule has 1 aliphatic carbocycles. The van der Waals surface area contributed by atoms with Crippen LogP contribution >= 0.6 is 0 Å². The van der Waals surface area contributed by atoms with Crippen LogP contribution in [0.4, 0.5) is 0 Å². The Balaban J connectivity index is 1.76. The number of hydrogen-bond acceptors (Lipinski definition) is 2. The van der Waals surface area contributed by atoms with Crippen molar-refractivity contribution in [2.75, 3.05) is 0 Å². The van der Waals surface area contributed by atoms with Crippen LogP contribution < -0.4 is 0 Å². The Bertz CT molecular complexity index is 590. The molecule has 3 nitrogen and oxygen atoms in total. The molecule has 3 rings (SSSR count). The lowest BCUT2D eigenvalue weighted by atomic mass is 9.79. The average molecular weight is 284 g/mol. The van der Waals surface area contributed by atoms with E-state index in [0.29, 0.717) is 5.92 Å². The van der Waals surface area contributed by atoms with Gasteiger partial charge in [-0.1, -0.05) is 31.2 Å². The number of rotatable bonds is 5. The number of nitrogens with zero attached hydrogens (tertiary/aromatic N) is 2. The van der Waals surface area contributed by atoms with Gasteiger partial charge in [-0.15, -0.1) is 0 Å². The van der Waals surface area contributed by atoms with E-state index in [1.165, 1.54) is 30.4 Å². The zero-order valence-corrected chi connectivity index (χ0v) is 12.7. The summed E-state index contributed by atoms with van der Waals surface area (Å²) in [5.74, 6) is 0.468. The van der Waals surface area contributed by atoms with Crippen LogP contribution in [0.5, 0.6) is 0 Å². The van der Waals surface area contributed by atoms with Crippen LogP contribution in [0.2, 0.25) is 0 Å². The van der Waals surface area contributed by atoms with Gasteiger partial charge in [0.2, 0.25) is 0 Å². The predicted molar refractivity (Wildman–Crippen MR) is 84.2 cm³/mol. The number of aromatic nitrogens is 2. The van der Waals surface area contributed by atoms with Crippen molar-refractivity contribution in [2.45, 2.75) is 57.6 Å². The van der Waals surface area contributed by atoms with Crippen LogP contribution in [-0.2, 0) is 13.0 Å². The van der Waals surface area contributed by atoms with Gasteiger partial charge in [-0.3, -0.25) is 4.68 Å². The van der Waals surface area contributed by atoms with Crippen LogP contribution in [0.3, 0.4) is 0 Å². The second-order valence-electron chi connectivity index (χ2n) is 6.02. The summed E-state index contributed by atoms with van der Waals surface area (Å²) in [7, 11) is 0. The third kappa shape index (κ3) is 3.03. The fourth-order valence-corrected chi connectivity index (χ4v) is 3.51. The molecule has 21 heavy (non-hydrogen) atoms. The molecule has 2 aromatic rings. The standard InChI is InChI=1S/C18H24N2O/c1-2-12-20-17(10-11-19-20)18(21)13-15-8-5-7-14-6-3-4-9-16(14)15/h3-4,6,9-11,15,18,21H,2,5,7-8,12-13H2,1H3. The van der Waals surface area contributed by atoms with Crippen molar-refractivity contribution in [2.24, 2.45) is 0 Å². The van der Waals surface area contributed by atoms with E-state index in [2.05, 4.69) is 36.3 Å². The Hall–Kier alpha value is -1.61. The minimum atomic E-state index is -0.421. The summed E-state index contributed by atoms with van der Waals surface area (Å²) in [4.78, 5) is 0. The van der Waals surface area contributed by atoms with Gasteiger partial charge in [0, 0.05) is 12.7 Å². The van der Waals surface area contributed by atoms with Crippen molar-refractivity contribution in [1.82, 2.24) is 9.78 Å². The average Bonchev–Trinajstić information content (AvgIpc) is 2.96. The van der Waals surface area contributed by atoms with Gasteiger partial charge in [0.25, 0.3) is 0 Å². The third-order valence-corrected chi connectivity index (χ3v) is 4.53. The lowest BCUT2D eigenvalue weighted by molar-refractivity contribution is 0.143. The predicted octanol–water partition coefficient (Wildman–Crippen LogP) is 3.84. The van der Waals surface area contributed by atoms with Gasteiger partial charge in [0.1, 0.15) is 0 Å². The van der Waals surface area contributed by atoms with Crippen LogP contribution in [0, 0.1) is 0 Å². The maximum absolute atomic E-state index is 10.6. The van der Waals surface area contributed by atoms with Crippen molar-refractivity contribution in [1.29, 1.82) is 0 Å². The summed E-state index contributed by atoms with van der Waals surface area (Å²) in [6.45, 7) is 3.01. The Morgan fingerprint density at radius 3 is 3.05 bits per heavy atom. The molecule has 0 bridgehead atoms. The molecular formula is C18H24N2O. The van der Waals surface area contributed by atoms with Gasteiger partial charge in [0.05, 0.1) is 11.8 Å². The monoisotopic (exact) mass is 284 g/mol. The van der Waals surface area contributed by atoms with E-state index >= 15 is 0 Å². The van der Waals surface area contributed by atoms with Crippen molar-refractivity contribution >= 4 is 0 Å². The normalized spacial score (nSPS) is 19.2. The molecule has 0 amide bonds. The fraction of sp³-hybridized carbons (Fsp3) is 0.500. The molecule has 0 fully saturated rings. The molecule has 1 N–H and O–H groups in total. The second kappa shape index (κ2) is 6.44. The Morgan fingerprint density at radius 2 is 2.19 bits per heavy atom. The maximum atomic E-state index is 10.6. The molecule has 0 saturated carbocycles. The van der Waals surface area contributed by atoms with Crippen molar-refractivity contribution in [3.63, 3.8) is 0 Å². The zero-order valence-electron chi connectivity index (χ0n) is 12.7. The molecule has 1 aromatic carbocycles. The smallest absolute Gasteiger partial charge is 0.0962 e.